The van der Waals surface area contributed by atoms with Crippen LogP contribution in [0.5, 0.6) is 0 Å². The van der Waals surface area contributed by atoms with Gasteiger partial charge >= 0.3 is 0 Å². The van der Waals surface area contributed by atoms with Gasteiger partial charge in [-0.25, -0.2) is 0 Å². The van der Waals surface area contributed by atoms with Crippen LogP contribution in [0, 0.1) is 0 Å². The maximum absolute atomic E-state index is 5.82. The fourth-order valence-electron chi connectivity index (χ4n) is 2.18. The summed E-state index contributed by atoms with van der Waals surface area (Å²) in [4.78, 5) is 0. The molecule has 1 aliphatic heterocycles. The third-order valence-corrected chi connectivity index (χ3v) is 3.36. The Morgan fingerprint density at radius 2 is 2.06 bits per heavy atom. The minimum Gasteiger partial charge on any atom is -0.381 e. The molecule has 0 aromatic rings. The van der Waals surface area contributed by atoms with Gasteiger partial charge in [-0.2, -0.15) is 0 Å². The maximum atomic E-state index is 5.82. The van der Waals surface area contributed by atoms with E-state index in [1.54, 1.807) is 0 Å². The van der Waals surface area contributed by atoms with Crippen LogP contribution in [0.15, 0.2) is 0 Å². The van der Waals surface area contributed by atoms with Gasteiger partial charge in [0, 0.05) is 25.8 Å². The first-order chi connectivity index (χ1) is 8.33. The number of rotatable bonds is 9. The van der Waals surface area contributed by atoms with Gasteiger partial charge in [0.25, 0.3) is 0 Å². The molecule has 1 N–H and O–H groups in total. The van der Waals surface area contributed by atoms with Crippen molar-refractivity contribution in [1.82, 2.24) is 5.32 Å². The van der Waals surface area contributed by atoms with Crippen molar-refractivity contribution in [2.75, 3.05) is 26.4 Å². The molecule has 1 aliphatic rings. The third kappa shape index (κ3) is 7.74. The zero-order chi connectivity index (χ0) is 12.3. The summed E-state index contributed by atoms with van der Waals surface area (Å²) in [5, 5.41) is 3.52. The van der Waals surface area contributed by atoms with Gasteiger partial charge in [0.05, 0.1) is 12.7 Å². The number of hydrogen-bond acceptors (Lipinski definition) is 3. The number of ether oxygens (including phenoxy) is 2. The van der Waals surface area contributed by atoms with Gasteiger partial charge in [0.15, 0.2) is 0 Å². The molecule has 1 fully saturated rings. The van der Waals surface area contributed by atoms with Crippen LogP contribution < -0.4 is 5.32 Å². The van der Waals surface area contributed by atoms with E-state index < -0.39 is 0 Å². The molecule has 1 saturated heterocycles. The molecule has 1 heterocycles. The molecule has 0 bridgehead atoms. The highest BCUT2D eigenvalue weighted by Crippen LogP contribution is 2.10. The molecule has 3 heteroatoms. The van der Waals surface area contributed by atoms with Gasteiger partial charge < -0.3 is 14.8 Å². The zero-order valence-electron chi connectivity index (χ0n) is 11.5. The summed E-state index contributed by atoms with van der Waals surface area (Å²) < 4.78 is 11.1. The molecular formula is C14H29NO2. The molecule has 1 unspecified atom stereocenters. The summed E-state index contributed by atoms with van der Waals surface area (Å²) in [5.41, 5.74) is 0. The summed E-state index contributed by atoms with van der Waals surface area (Å²) in [6.45, 7) is 8.06. The first-order valence-corrected chi connectivity index (χ1v) is 7.25. The average molecular weight is 243 g/mol. The monoisotopic (exact) mass is 243 g/mol. The van der Waals surface area contributed by atoms with E-state index in [1.807, 2.05) is 0 Å². The first-order valence-electron chi connectivity index (χ1n) is 7.25. The quantitative estimate of drug-likeness (QED) is 0.632. The predicted molar refractivity (Wildman–Crippen MR) is 71.4 cm³/mol. The van der Waals surface area contributed by atoms with E-state index in [0.29, 0.717) is 12.1 Å². The third-order valence-electron chi connectivity index (χ3n) is 3.36. The van der Waals surface area contributed by atoms with Gasteiger partial charge in [0.1, 0.15) is 0 Å². The molecule has 0 spiro atoms. The Bertz CT molecular complexity index is 170. The van der Waals surface area contributed by atoms with Crippen molar-refractivity contribution >= 4 is 0 Å². The van der Waals surface area contributed by atoms with Crippen LogP contribution >= 0.6 is 0 Å². The second-order valence-corrected chi connectivity index (χ2v) is 5.03. The molecule has 0 aromatic carbocycles. The molecule has 3 nitrogen and oxygen atoms in total. The molecule has 0 aliphatic carbocycles. The van der Waals surface area contributed by atoms with E-state index in [-0.39, 0.29) is 0 Å². The zero-order valence-corrected chi connectivity index (χ0v) is 11.5. The van der Waals surface area contributed by atoms with Crippen LogP contribution in [0.2, 0.25) is 0 Å². The lowest BCUT2D eigenvalue weighted by atomic mass is 10.1. The van der Waals surface area contributed by atoms with Gasteiger partial charge in [-0.1, -0.05) is 26.2 Å². The standard InChI is InChI=1S/C14H29NO2/c1-3-4-5-6-13(2)15-9-12-17-14-7-10-16-11-8-14/h13-15H,3-12H2,1-2H3. The predicted octanol–water partition coefficient (Wildman–Crippen LogP) is 2.74. The minimum atomic E-state index is 0.431. The minimum absolute atomic E-state index is 0.431. The van der Waals surface area contributed by atoms with E-state index in [9.17, 15) is 0 Å². The van der Waals surface area contributed by atoms with Crippen LogP contribution in [0.3, 0.4) is 0 Å². The first kappa shape index (κ1) is 14.9. The summed E-state index contributed by atoms with van der Waals surface area (Å²) in [5.74, 6) is 0. The second-order valence-electron chi connectivity index (χ2n) is 5.03. The molecule has 1 atom stereocenters. The summed E-state index contributed by atoms with van der Waals surface area (Å²) in [6, 6.07) is 0.625. The fraction of sp³-hybridized carbons (Fsp3) is 1.00. The van der Waals surface area contributed by atoms with E-state index in [1.165, 1.54) is 25.7 Å². The topological polar surface area (TPSA) is 30.5 Å². The van der Waals surface area contributed by atoms with Crippen LogP contribution in [-0.4, -0.2) is 38.5 Å². The Morgan fingerprint density at radius 1 is 1.29 bits per heavy atom. The SMILES string of the molecule is CCCCCC(C)NCCOC1CCOCC1. The average Bonchev–Trinajstić information content (AvgIpc) is 2.36. The van der Waals surface area contributed by atoms with E-state index in [0.717, 1.165) is 39.2 Å². The lowest BCUT2D eigenvalue weighted by Crippen LogP contribution is -2.32. The highest BCUT2D eigenvalue weighted by Gasteiger charge is 2.13. The van der Waals surface area contributed by atoms with E-state index in [4.69, 9.17) is 9.47 Å². The van der Waals surface area contributed by atoms with Gasteiger partial charge in [-0.3, -0.25) is 0 Å². The van der Waals surface area contributed by atoms with Crippen molar-refractivity contribution in [3.8, 4) is 0 Å². The summed E-state index contributed by atoms with van der Waals surface area (Å²) >= 11 is 0. The summed E-state index contributed by atoms with van der Waals surface area (Å²) in [6.07, 6.45) is 7.83. The Balaban J connectivity index is 1.88. The number of unbranched alkanes of at least 4 members (excludes halogenated alkanes) is 2. The Labute approximate surface area is 106 Å². The van der Waals surface area contributed by atoms with Crippen molar-refractivity contribution in [3.05, 3.63) is 0 Å². The highest BCUT2D eigenvalue weighted by atomic mass is 16.5. The molecule has 1 rings (SSSR count). The molecular weight excluding hydrogens is 214 g/mol. The van der Waals surface area contributed by atoms with Crippen molar-refractivity contribution < 1.29 is 9.47 Å². The van der Waals surface area contributed by atoms with Crippen LogP contribution in [0.4, 0.5) is 0 Å². The van der Waals surface area contributed by atoms with Crippen LogP contribution in [0.1, 0.15) is 52.4 Å². The molecule has 17 heavy (non-hydrogen) atoms. The van der Waals surface area contributed by atoms with Crippen molar-refractivity contribution in [2.45, 2.75) is 64.5 Å². The number of hydrogen-bond donors (Lipinski definition) is 1. The lowest BCUT2D eigenvalue weighted by molar-refractivity contribution is -0.0308. The molecule has 0 amide bonds. The second kappa shape index (κ2) is 9.86. The van der Waals surface area contributed by atoms with E-state index >= 15 is 0 Å². The van der Waals surface area contributed by atoms with Crippen molar-refractivity contribution in [1.29, 1.82) is 0 Å². The van der Waals surface area contributed by atoms with E-state index in [2.05, 4.69) is 19.2 Å². The Morgan fingerprint density at radius 3 is 2.76 bits per heavy atom. The van der Waals surface area contributed by atoms with Crippen molar-refractivity contribution in [2.24, 2.45) is 0 Å². The van der Waals surface area contributed by atoms with Gasteiger partial charge in [-0.05, 0) is 26.2 Å². The van der Waals surface area contributed by atoms with Crippen LogP contribution in [0.25, 0.3) is 0 Å². The largest absolute Gasteiger partial charge is 0.381 e. The Kier molecular flexibility index (Phi) is 8.67. The summed E-state index contributed by atoms with van der Waals surface area (Å²) in [7, 11) is 0. The number of nitrogens with one attached hydrogen (secondary N) is 1. The van der Waals surface area contributed by atoms with Crippen molar-refractivity contribution in [3.63, 3.8) is 0 Å². The molecule has 102 valence electrons. The smallest absolute Gasteiger partial charge is 0.0619 e. The highest BCUT2D eigenvalue weighted by molar-refractivity contribution is 4.64. The maximum Gasteiger partial charge on any atom is 0.0619 e. The molecule has 0 saturated carbocycles. The molecule has 0 aromatic heterocycles. The fourth-order valence-corrected chi connectivity index (χ4v) is 2.18. The molecule has 0 radical (unpaired) electrons. The van der Waals surface area contributed by atoms with Crippen LogP contribution in [-0.2, 0) is 9.47 Å². The lowest BCUT2D eigenvalue weighted by Gasteiger charge is -2.23. The normalized spacial score (nSPS) is 19.4. The Hall–Kier alpha value is -0.120. The van der Waals surface area contributed by atoms with Gasteiger partial charge in [0.2, 0.25) is 0 Å². The van der Waals surface area contributed by atoms with Gasteiger partial charge in [-0.15, -0.1) is 0 Å².